The van der Waals surface area contributed by atoms with Gasteiger partial charge in [-0.1, -0.05) is 37.3 Å². The summed E-state index contributed by atoms with van der Waals surface area (Å²) in [6.07, 6.45) is 1.05. The molecule has 0 radical (unpaired) electrons. The van der Waals surface area contributed by atoms with Gasteiger partial charge in [0.1, 0.15) is 5.75 Å². The predicted octanol–water partition coefficient (Wildman–Crippen LogP) is 4.65. The summed E-state index contributed by atoms with van der Waals surface area (Å²) in [5.41, 5.74) is 2.44. The Balaban J connectivity index is 2.06. The lowest BCUT2D eigenvalue weighted by molar-refractivity contribution is 0.340. The third-order valence-corrected chi connectivity index (χ3v) is 3.12. The van der Waals surface area contributed by atoms with Gasteiger partial charge >= 0.3 is 0 Å². The topological polar surface area (TPSA) is 21.3 Å². The van der Waals surface area contributed by atoms with Crippen LogP contribution in [0.3, 0.4) is 0 Å². The molecular weight excluding hydrogens is 234 g/mol. The fraction of sp³-hybridized carbons (Fsp3) is 0.294. The van der Waals surface area contributed by atoms with Crippen molar-refractivity contribution < 1.29 is 4.74 Å². The average molecular weight is 255 g/mol. The normalized spacial score (nSPS) is 11.9. The molecule has 1 N–H and O–H groups in total. The summed E-state index contributed by atoms with van der Waals surface area (Å²) in [6.45, 7) is 4.89. The van der Waals surface area contributed by atoms with Gasteiger partial charge in [0.15, 0.2) is 0 Å². The summed E-state index contributed by atoms with van der Waals surface area (Å²) in [4.78, 5) is 0. The summed E-state index contributed by atoms with van der Waals surface area (Å²) in [5, 5.41) is 3.56. The Hall–Kier alpha value is -1.96. The molecule has 0 saturated carbocycles. The molecule has 2 rings (SSSR count). The van der Waals surface area contributed by atoms with Crippen LogP contribution in [0, 0.1) is 0 Å². The molecule has 0 saturated heterocycles. The van der Waals surface area contributed by atoms with E-state index < -0.39 is 0 Å². The van der Waals surface area contributed by atoms with Crippen molar-refractivity contribution in [1.29, 1.82) is 0 Å². The van der Waals surface area contributed by atoms with Crippen molar-refractivity contribution >= 4 is 5.69 Å². The SMILES string of the molecule is CCOc1ccc(NC(CC)c2ccccc2)cc1. The highest BCUT2D eigenvalue weighted by molar-refractivity contribution is 5.48. The summed E-state index contributed by atoms with van der Waals surface area (Å²) >= 11 is 0. The summed E-state index contributed by atoms with van der Waals surface area (Å²) in [7, 11) is 0. The smallest absolute Gasteiger partial charge is 0.119 e. The molecule has 0 aliphatic rings. The molecule has 0 aromatic heterocycles. The van der Waals surface area contributed by atoms with Crippen LogP contribution in [0.2, 0.25) is 0 Å². The first-order chi connectivity index (χ1) is 9.33. The lowest BCUT2D eigenvalue weighted by Crippen LogP contribution is -2.09. The van der Waals surface area contributed by atoms with Crippen LogP contribution in [0.4, 0.5) is 5.69 Å². The highest BCUT2D eigenvalue weighted by Crippen LogP contribution is 2.23. The van der Waals surface area contributed by atoms with Crippen LogP contribution in [0.25, 0.3) is 0 Å². The number of nitrogens with one attached hydrogen (secondary N) is 1. The van der Waals surface area contributed by atoms with Crippen LogP contribution in [0.5, 0.6) is 5.75 Å². The molecule has 0 heterocycles. The van der Waals surface area contributed by atoms with E-state index in [0.29, 0.717) is 12.6 Å². The van der Waals surface area contributed by atoms with Crippen molar-refractivity contribution in [2.24, 2.45) is 0 Å². The van der Waals surface area contributed by atoms with Gasteiger partial charge in [-0.25, -0.2) is 0 Å². The Kier molecular flexibility index (Phi) is 4.85. The van der Waals surface area contributed by atoms with E-state index in [4.69, 9.17) is 4.74 Å². The van der Waals surface area contributed by atoms with E-state index in [9.17, 15) is 0 Å². The van der Waals surface area contributed by atoms with Gasteiger partial charge in [0.05, 0.1) is 12.6 Å². The summed E-state index contributed by atoms with van der Waals surface area (Å²) in [5.74, 6) is 0.917. The third-order valence-electron chi connectivity index (χ3n) is 3.12. The molecule has 0 fully saturated rings. The van der Waals surface area contributed by atoms with Gasteiger partial charge < -0.3 is 10.1 Å². The van der Waals surface area contributed by atoms with E-state index in [-0.39, 0.29) is 0 Å². The van der Waals surface area contributed by atoms with Gasteiger partial charge in [-0.2, -0.15) is 0 Å². The van der Waals surface area contributed by atoms with Crippen molar-refractivity contribution in [1.82, 2.24) is 0 Å². The summed E-state index contributed by atoms with van der Waals surface area (Å²) < 4.78 is 5.45. The highest BCUT2D eigenvalue weighted by atomic mass is 16.5. The third kappa shape index (κ3) is 3.75. The largest absolute Gasteiger partial charge is 0.494 e. The Morgan fingerprint density at radius 1 is 0.947 bits per heavy atom. The number of hydrogen-bond donors (Lipinski definition) is 1. The van der Waals surface area contributed by atoms with Gasteiger partial charge in [0.25, 0.3) is 0 Å². The molecule has 2 aromatic carbocycles. The van der Waals surface area contributed by atoms with Crippen molar-refractivity contribution in [2.45, 2.75) is 26.3 Å². The van der Waals surface area contributed by atoms with Crippen LogP contribution in [0.15, 0.2) is 54.6 Å². The van der Waals surface area contributed by atoms with Gasteiger partial charge in [-0.15, -0.1) is 0 Å². The van der Waals surface area contributed by atoms with Crippen LogP contribution in [-0.4, -0.2) is 6.61 Å². The lowest BCUT2D eigenvalue weighted by Gasteiger charge is -2.19. The van der Waals surface area contributed by atoms with Crippen LogP contribution in [0.1, 0.15) is 31.9 Å². The van der Waals surface area contributed by atoms with Crippen molar-refractivity contribution in [3.8, 4) is 5.75 Å². The maximum absolute atomic E-state index is 5.45. The number of hydrogen-bond acceptors (Lipinski definition) is 2. The zero-order chi connectivity index (χ0) is 13.5. The van der Waals surface area contributed by atoms with E-state index >= 15 is 0 Å². The number of rotatable bonds is 6. The molecule has 0 bridgehead atoms. The minimum atomic E-state index is 0.346. The molecule has 0 aliphatic heterocycles. The van der Waals surface area contributed by atoms with E-state index in [1.807, 2.05) is 25.1 Å². The molecule has 1 atom stereocenters. The van der Waals surface area contributed by atoms with E-state index in [0.717, 1.165) is 17.9 Å². The Labute approximate surface area is 115 Å². The van der Waals surface area contributed by atoms with Crippen LogP contribution < -0.4 is 10.1 Å². The Bertz CT molecular complexity index is 478. The van der Waals surface area contributed by atoms with E-state index in [1.165, 1.54) is 5.56 Å². The first-order valence-corrected chi connectivity index (χ1v) is 6.87. The molecule has 100 valence electrons. The maximum atomic E-state index is 5.45. The Morgan fingerprint density at radius 3 is 2.21 bits per heavy atom. The second kappa shape index (κ2) is 6.83. The lowest BCUT2D eigenvalue weighted by atomic mass is 10.0. The van der Waals surface area contributed by atoms with Gasteiger partial charge in [0, 0.05) is 5.69 Å². The van der Waals surface area contributed by atoms with Gasteiger partial charge in [0.2, 0.25) is 0 Å². The molecular formula is C17H21NO. The molecule has 0 spiro atoms. The number of benzene rings is 2. The molecule has 2 nitrogen and oxygen atoms in total. The Morgan fingerprint density at radius 2 is 1.63 bits per heavy atom. The minimum Gasteiger partial charge on any atom is -0.494 e. The quantitative estimate of drug-likeness (QED) is 0.811. The highest BCUT2D eigenvalue weighted by Gasteiger charge is 2.08. The number of ether oxygens (including phenoxy) is 1. The van der Waals surface area contributed by atoms with Crippen molar-refractivity contribution in [3.63, 3.8) is 0 Å². The van der Waals surface area contributed by atoms with Gasteiger partial charge in [-0.3, -0.25) is 0 Å². The first-order valence-electron chi connectivity index (χ1n) is 6.87. The standard InChI is InChI=1S/C17H21NO/c1-3-17(14-8-6-5-7-9-14)18-15-10-12-16(13-11-15)19-4-2/h5-13,17-18H,3-4H2,1-2H3. The van der Waals surface area contributed by atoms with Gasteiger partial charge in [-0.05, 0) is 43.2 Å². The zero-order valence-electron chi connectivity index (χ0n) is 11.6. The maximum Gasteiger partial charge on any atom is 0.119 e. The van der Waals surface area contributed by atoms with E-state index in [2.05, 4.69) is 48.6 Å². The minimum absolute atomic E-state index is 0.346. The molecule has 0 aliphatic carbocycles. The monoisotopic (exact) mass is 255 g/mol. The average Bonchev–Trinajstić information content (AvgIpc) is 2.48. The molecule has 0 amide bonds. The van der Waals surface area contributed by atoms with Crippen LogP contribution in [-0.2, 0) is 0 Å². The predicted molar refractivity (Wildman–Crippen MR) is 80.7 cm³/mol. The summed E-state index contributed by atoms with van der Waals surface area (Å²) in [6, 6.07) is 19.0. The second-order valence-electron chi connectivity index (χ2n) is 4.47. The van der Waals surface area contributed by atoms with E-state index in [1.54, 1.807) is 0 Å². The number of anilines is 1. The van der Waals surface area contributed by atoms with Crippen LogP contribution >= 0.6 is 0 Å². The molecule has 1 unspecified atom stereocenters. The van der Waals surface area contributed by atoms with Crippen molar-refractivity contribution in [3.05, 3.63) is 60.2 Å². The fourth-order valence-electron chi connectivity index (χ4n) is 2.12. The zero-order valence-corrected chi connectivity index (χ0v) is 11.6. The fourth-order valence-corrected chi connectivity index (χ4v) is 2.12. The molecule has 2 heteroatoms. The van der Waals surface area contributed by atoms with Crippen molar-refractivity contribution in [2.75, 3.05) is 11.9 Å². The molecule has 2 aromatic rings. The molecule has 19 heavy (non-hydrogen) atoms. The second-order valence-corrected chi connectivity index (χ2v) is 4.47. The first kappa shape index (κ1) is 13.5.